The normalized spacial score (nSPS) is 16.9. The van der Waals surface area contributed by atoms with E-state index >= 15 is 0 Å². The van der Waals surface area contributed by atoms with Crippen molar-refractivity contribution in [1.29, 1.82) is 5.26 Å². The number of likely N-dealkylation sites (tertiary alicyclic amines) is 1. The number of rotatable bonds is 3. The first-order valence-corrected chi connectivity index (χ1v) is 8.44. The van der Waals surface area contributed by atoms with Gasteiger partial charge in [0.2, 0.25) is 0 Å². The van der Waals surface area contributed by atoms with E-state index in [0.29, 0.717) is 22.4 Å². The monoisotopic (exact) mass is 353 g/mol. The molecule has 0 aromatic heterocycles. The highest BCUT2D eigenvalue weighted by Gasteiger charge is 2.27. The maximum atomic E-state index is 13.9. The highest BCUT2D eigenvalue weighted by atomic mass is 19.1. The molecule has 2 aromatic rings. The largest absolute Gasteiger partial charge is 0.430 e. The van der Waals surface area contributed by atoms with Gasteiger partial charge in [-0.15, -0.1) is 0 Å². The minimum absolute atomic E-state index is 0.240. The van der Waals surface area contributed by atoms with Crippen molar-refractivity contribution in [2.24, 2.45) is 0 Å². The third kappa shape index (κ3) is 3.68. The third-order valence-corrected chi connectivity index (χ3v) is 4.59. The number of halogens is 1. The fraction of sp³-hybridized carbons (Fsp3) is 0.300. The first-order valence-electron chi connectivity index (χ1n) is 8.44. The van der Waals surface area contributed by atoms with Crippen LogP contribution in [0.3, 0.4) is 0 Å². The number of carbonyl (C=O) groups excluding carboxylic acids is 1. The van der Waals surface area contributed by atoms with E-state index < -0.39 is 11.9 Å². The van der Waals surface area contributed by atoms with Gasteiger partial charge in [-0.2, -0.15) is 5.26 Å². The van der Waals surface area contributed by atoms with Gasteiger partial charge in [0.1, 0.15) is 5.82 Å². The second-order valence-corrected chi connectivity index (χ2v) is 6.37. The zero-order chi connectivity index (χ0) is 18.7. The summed E-state index contributed by atoms with van der Waals surface area (Å²) in [5, 5.41) is 9.10. The van der Waals surface area contributed by atoms with Gasteiger partial charge in [-0.3, -0.25) is 9.80 Å². The van der Waals surface area contributed by atoms with E-state index in [9.17, 15) is 9.18 Å². The summed E-state index contributed by atoms with van der Waals surface area (Å²) in [5.41, 5.74) is 2.18. The van der Waals surface area contributed by atoms with Gasteiger partial charge < -0.3 is 4.74 Å². The van der Waals surface area contributed by atoms with Gasteiger partial charge in [-0.1, -0.05) is 12.1 Å². The molecule has 2 aromatic carbocycles. The van der Waals surface area contributed by atoms with Crippen molar-refractivity contribution in [2.45, 2.75) is 19.1 Å². The van der Waals surface area contributed by atoms with Crippen LogP contribution < -0.4 is 4.90 Å². The number of nitriles is 1. The van der Waals surface area contributed by atoms with Crippen molar-refractivity contribution in [1.82, 2.24) is 4.90 Å². The molecule has 0 unspecified atom stereocenters. The molecule has 6 heteroatoms. The smallest absolute Gasteiger partial charge is 0.415 e. The number of hydrogen-bond donors (Lipinski definition) is 0. The molecule has 1 fully saturated rings. The van der Waals surface area contributed by atoms with Gasteiger partial charge in [0.15, 0.2) is 6.23 Å². The summed E-state index contributed by atoms with van der Waals surface area (Å²) in [6.45, 7) is 0.893. The van der Waals surface area contributed by atoms with Gasteiger partial charge in [-0.05, 0) is 55.8 Å². The Balaban J connectivity index is 1.91. The molecule has 1 atom stereocenters. The van der Waals surface area contributed by atoms with E-state index in [1.54, 1.807) is 37.4 Å². The zero-order valence-electron chi connectivity index (χ0n) is 14.8. The van der Waals surface area contributed by atoms with E-state index in [-0.39, 0.29) is 6.23 Å². The molecular formula is C20H20FN3O2. The van der Waals surface area contributed by atoms with Gasteiger partial charge >= 0.3 is 6.09 Å². The van der Waals surface area contributed by atoms with Gasteiger partial charge in [0, 0.05) is 19.2 Å². The lowest BCUT2D eigenvalue weighted by Crippen LogP contribution is -2.36. The molecule has 1 aliphatic heterocycles. The minimum Gasteiger partial charge on any atom is -0.430 e. The Hall–Kier alpha value is -2.91. The van der Waals surface area contributed by atoms with Crippen LogP contribution in [-0.4, -0.2) is 37.9 Å². The van der Waals surface area contributed by atoms with Crippen LogP contribution in [0.25, 0.3) is 11.1 Å². The standard InChI is InChI=1S/C20H20FN3O2/c1-23-10-4-7-19(23)26-20(25)24(2)18-9-8-16(21)12-17(18)15-6-3-5-14(11-15)13-22/h3,5-6,8-9,11-12,19H,4,7,10H2,1-2H3/t19-/m0/s1. The number of carbonyl (C=O) groups is 1. The molecule has 0 aliphatic carbocycles. The number of nitrogens with zero attached hydrogens (tertiary/aromatic N) is 3. The van der Waals surface area contributed by atoms with Gasteiger partial charge in [-0.25, -0.2) is 9.18 Å². The molecule has 1 saturated heterocycles. The molecule has 1 heterocycles. The van der Waals surface area contributed by atoms with Crippen molar-refractivity contribution >= 4 is 11.8 Å². The summed E-state index contributed by atoms with van der Waals surface area (Å²) in [4.78, 5) is 15.9. The van der Waals surface area contributed by atoms with Crippen molar-refractivity contribution in [3.8, 4) is 17.2 Å². The number of anilines is 1. The highest BCUT2D eigenvalue weighted by molar-refractivity contribution is 5.93. The molecule has 0 N–H and O–H groups in total. The van der Waals surface area contributed by atoms with Gasteiger partial charge in [0.25, 0.3) is 0 Å². The fourth-order valence-electron chi connectivity index (χ4n) is 3.11. The van der Waals surface area contributed by atoms with Crippen LogP contribution in [0.15, 0.2) is 42.5 Å². The number of benzene rings is 2. The Labute approximate surface area is 152 Å². The summed E-state index contributed by atoms with van der Waals surface area (Å²) in [6.07, 6.45) is 1.06. The third-order valence-electron chi connectivity index (χ3n) is 4.59. The molecule has 0 radical (unpaired) electrons. The molecule has 5 nitrogen and oxygen atoms in total. The Morgan fingerprint density at radius 2 is 2.15 bits per heavy atom. The summed E-state index contributed by atoms with van der Waals surface area (Å²) < 4.78 is 19.4. The maximum Gasteiger partial charge on any atom is 0.415 e. The first-order chi connectivity index (χ1) is 12.5. The number of amides is 1. The van der Waals surface area contributed by atoms with Crippen molar-refractivity contribution in [3.05, 3.63) is 53.8 Å². The molecule has 134 valence electrons. The summed E-state index contributed by atoms with van der Waals surface area (Å²) >= 11 is 0. The highest BCUT2D eigenvalue weighted by Crippen LogP contribution is 2.32. The van der Waals surface area contributed by atoms with E-state index in [1.807, 2.05) is 11.9 Å². The Morgan fingerprint density at radius 1 is 1.35 bits per heavy atom. The lowest BCUT2D eigenvalue weighted by atomic mass is 10.0. The topological polar surface area (TPSA) is 56.6 Å². The lowest BCUT2D eigenvalue weighted by Gasteiger charge is -2.25. The maximum absolute atomic E-state index is 13.9. The van der Waals surface area contributed by atoms with Crippen LogP contribution in [0.5, 0.6) is 0 Å². The molecule has 1 amide bonds. The Bertz CT molecular complexity index is 862. The second kappa shape index (κ2) is 7.54. The van der Waals surface area contributed by atoms with Gasteiger partial charge in [0.05, 0.1) is 17.3 Å². The second-order valence-electron chi connectivity index (χ2n) is 6.37. The van der Waals surface area contributed by atoms with Crippen molar-refractivity contribution < 1.29 is 13.9 Å². The fourth-order valence-corrected chi connectivity index (χ4v) is 3.11. The van der Waals surface area contributed by atoms with Crippen LogP contribution in [0.1, 0.15) is 18.4 Å². The lowest BCUT2D eigenvalue weighted by molar-refractivity contribution is 0.0315. The summed E-state index contributed by atoms with van der Waals surface area (Å²) in [5.74, 6) is -0.414. The van der Waals surface area contributed by atoms with E-state index in [2.05, 4.69) is 6.07 Å². The SMILES string of the molecule is CN(C(=O)O[C@H]1CCCN1C)c1ccc(F)cc1-c1cccc(C#N)c1. The predicted molar refractivity (Wildman–Crippen MR) is 97.1 cm³/mol. The van der Waals surface area contributed by atoms with Crippen LogP contribution in [-0.2, 0) is 4.74 Å². The van der Waals surface area contributed by atoms with E-state index in [0.717, 1.165) is 19.4 Å². The minimum atomic E-state index is -0.493. The Kier molecular flexibility index (Phi) is 5.19. The Morgan fingerprint density at radius 3 is 2.85 bits per heavy atom. The van der Waals surface area contributed by atoms with E-state index in [1.165, 1.54) is 17.0 Å². The quantitative estimate of drug-likeness (QED) is 0.837. The van der Waals surface area contributed by atoms with Crippen molar-refractivity contribution in [2.75, 3.05) is 25.5 Å². The average molecular weight is 353 g/mol. The number of ether oxygens (including phenoxy) is 1. The summed E-state index contributed by atoms with van der Waals surface area (Å²) in [7, 11) is 3.52. The van der Waals surface area contributed by atoms with Crippen LogP contribution >= 0.6 is 0 Å². The summed E-state index contributed by atoms with van der Waals surface area (Å²) in [6, 6.07) is 13.1. The predicted octanol–water partition coefficient (Wildman–Crippen LogP) is 3.99. The molecule has 0 spiro atoms. The van der Waals surface area contributed by atoms with Crippen LogP contribution in [0, 0.1) is 17.1 Å². The molecular weight excluding hydrogens is 333 g/mol. The van der Waals surface area contributed by atoms with E-state index in [4.69, 9.17) is 10.00 Å². The molecule has 3 rings (SSSR count). The van der Waals surface area contributed by atoms with Crippen LogP contribution in [0.2, 0.25) is 0 Å². The molecule has 26 heavy (non-hydrogen) atoms. The molecule has 1 aliphatic rings. The van der Waals surface area contributed by atoms with Crippen molar-refractivity contribution in [3.63, 3.8) is 0 Å². The molecule has 0 bridgehead atoms. The zero-order valence-corrected chi connectivity index (χ0v) is 14.8. The number of hydrogen-bond acceptors (Lipinski definition) is 4. The molecule has 0 saturated carbocycles. The van der Waals surface area contributed by atoms with Crippen LogP contribution in [0.4, 0.5) is 14.9 Å². The first kappa shape index (κ1) is 17.9. The average Bonchev–Trinajstić information content (AvgIpc) is 3.05.